The van der Waals surface area contributed by atoms with E-state index in [0.29, 0.717) is 18.7 Å². The molecule has 0 fully saturated rings. The molecular weight excluding hydrogens is 264 g/mol. The number of aryl methyl sites for hydroxylation is 1. The van der Waals surface area contributed by atoms with Gasteiger partial charge in [0.25, 0.3) is 0 Å². The van der Waals surface area contributed by atoms with E-state index < -0.39 is 10.0 Å². The first-order valence-corrected chi connectivity index (χ1v) is 7.30. The molecule has 0 saturated carbocycles. The summed E-state index contributed by atoms with van der Waals surface area (Å²) < 4.78 is 26.6. The number of anilines is 1. The average molecular weight is 280 g/mol. The average Bonchev–Trinajstić information content (AvgIpc) is 2.85. The first kappa shape index (κ1) is 13.6. The molecule has 4 N–H and O–H groups in total. The molecule has 0 atom stereocenters. The molecule has 19 heavy (non-hydrogen) atoms. The predicted molar refractivity (Wildman–Crippen MR) is 73.1 cm³/mol. The van der Waals surface area contributed by atoms with Crippen molar-refractivity contribution >= 4 is 15.7 Å². The number of aromatic nitrogens is 2. The van der Waals surface area contributed by atoms with Gasteiger partial charge >= 0.3 is 0 Å². The van der Waals surface area contributed by atoms with E-state index in [2.05, 4.69) is 14.7 Å². The lowest BCUT2D eigenvalue weighted by molar-refractivity contribution is 0.581. The molecule has 6 nitrogen and oxygen atoms in total. The highest BCUT2D eigenvalue weighted by Gasteiger charge is 2.14. The third-order valence-corrected chi connectivity index (χ3v) is 4.26. The maximum absolute atomic E-state index is 12.0. The van der Waals surface area contributed by atoms with Gasteiger partial charge in [-0.1, -0.05) is 6.07 Å². The van der Waals surface area contributed by atoms with Crippen LogP contribution < -0.4 is 10.5 Å². The lowest BCUT2D eigenvalue weighted by Gasteiger charge is -2.08. The maximum Gasteiger partial charge on any atom is 0.240 e. The number of nitrogen functional groups attached to an aromatic ring is 1. The van der Waals surface area contributed by atoms with Crippen LogP contribution in [0.15, 0.2) is 35.6 Å². The Balaban J connectivity index is 2.03. The quantitative estimate of drug-likeness (QED) is 0.706. The van der Waals surface area contributed by atoms with E-state index in [9.17, 15) is 8.42 Å². The van der Waals surface area contributed by atoms with Gasteiger partial charge < -0.3 is 10.7 Å². The van der Waals surface area contributed by atoms with Crippen LogP contribution in [-0.2, 0) is 16.4 Å². The Kier molecular flexibility index (Phi) is 3.87. The van der Waals surface area contributed by atoms with Gasteiger partial charge in [-0.25, -0.2) is 18.1 Å². The molecule has 102 valence electrons. The molecule has 2 rings (SSSR count). The minimum absolute atomic E-state index is 0.181. The number of imidazole rings is 1. The summed E-state index contributed by atoms with van der Waals surface area (Å²) >= 11 is 0. The SMILES string of the molecule is Cc1ccc(S(=O)(=O)NCCc2cnc[nH]2)cc1N. The minimum Gasteiger partial charge on any atom is -0.398 e. The number of H-pyrrole nitrogens is 1. The monoisotopic (exact) mass is 280 g/mol. The van der Waals surface area contributed by atoms with Crippen molar-refractivity contribution in [2.75, 3.05) is 12.3 Å². The lowest BCUT2D eigenvalue weighted by Crippen LogP contribution is -2.26. The van der Waals surface area contributed by atoms with Crippen molar-refractivity contribution < 1.29 is 8.42 Å². The summed E-state index contributed by atoms with van der Waals surface area (Å²) in [7, 11) is -3.52. The predicted octanol–water partition coefficient (Wildman–Crippen LogP) is 0.821. The number of hydrogen-bond acceptors (Lipinski definition) is 4. The van der Waals surface area contributed by atoms with Crippen LogP contribution in [0.1, 0.15) is 11.3 Å². The summed E-state index contributed by atoms with van der Waals surface area (Å²) in [4.78, 5) is 6.96. The normalized spacial score (nSPS) is 11.6. The molecule has 0 amide bonds. The maximum atomic E-state index is 12.0. The second kappa shape index (κ2) is 5.41. The summed E-state index contributed by atoms with van der Waals surface area (Å²) in [5.41, 5.74) is 7.93. The number of hydrogen-bond donors (Lipinski definition) is 3. The standard InChI is InChI=1S/C12H16N4O2S/c1-9-2-3-11(6-12(9)13)19(17,18)16-5-4-10-7-14-8-15-10/h2-3,6-8,16H,4-5,13H2,1H3,(H,14,15). The molecule has 0 bridgehead atoms. The topological polar surface area (TPSA) is 101 Å². The number of aromatic amines is 1. The summed E-state index contributed by atoms with van der Waals surface area (Å²) in [6.45, 7) is 2.13. The van der Waals surface area contributed by atoms with Gasteiger partial charge in [0, 0.05) is 30.5 Å². The van der Waals surface area contributed by atoms with Gasteiger partial charge in [-0.05, 0) is 24.6 Å². The second-order valence-electron chi connectivity index (χ2n) is 4.24. The van der Waals surface area contributed by atoms with Gasteiger partial charge in [0.1, 0.15) is 0 Å². The fourth-order valence-electron chi connectivity index (χ4n) is 1.61. The highest BCUT2D eigenvalue weighted by molar-refractivity contribution is 7.89. The zero-order valence-electron chi connectivity index (χ0n) is 10.6. The van der Waals surface area contributed by atoms with Crippen LogP contribution in [0, 0.1) is 6.92 Å². The van der Waals surface area contributed by atoms with Crippen LogP contribution in [0.25, 0.3) is 0 Å². The summed E-state index contributed by atoms with van der Waals surface area (Å²) in [6, 6.07) is 4.71. The molecule has 7 heteroatoms. The van der Waals surface area contributed by atoms with E-state index in [1.165, 1.54) is 6.07 Å². The Morgan fingerprint density at radius 2 is 2.21 bits per heavy atom. The molecule has 0 aliphatic rings. The highest BCUT2D eigenvalue weighted by atomic mass is 32.2. The van der Waals surface area contributed by atoms with Gasteiger partial charge in [-0.2, -0.15) is 0 Å². The van der Waals surface area contributed by atoms with Gasteiger partial charge in [0.2, 0.25) is 10.0 Å². The molecule has 0 radical (unpaired) electrons. The molecular formula is C12H16N4O2S. The van der Waals surface area contributed by atoms with Gasteiger partial charge in [0.05, 0.1) is 11.2 Å². The smallest absolute Gasteiger partial charge is 0.240 e. The van der Waals surface area contributed by atoms with Crippen molar-refractivity contribution in [1.82, 2.24) is 14.7 Å². The van der Waals surface area contributed by atoms with Crippen molar-refractivity contribution in [1.29, 1.82) is 0 Å². The molecule has 0 saturated heterocycles. The van der Waals surface area contributed by atoms with Crippen LogP contribution in [0.2, 0.25) is 0 Å². The van der Waals surface area contributed by atoms with Gasteiger partial charge in [-0.15, -0.1) is 0 Å². The third kappa shape index (κ3) is 3.33. The van der Waals surface area contributed by atoms with Crippen molar-refractivity contribution in [2.24, 2.45) is 0 Å². The van der Waals surface area contributed by atoms with Gasteiger partial charge in [0.15, 0.2) is 0 Å². The zero-order chi connectivity index (χ0) is 13.9. The third-order valence-electron chi connectivity index (χ3n) is 2.80. The molecule has 0 unspecified atom stereocenters. The number of sulfonamides is 1. The number of nitrogens with two attached hydrogens (primary N) is 1. The van der Waals surface area contributed by atoms with E-state index in [1.807, 2.05) is 6.92 Å². The number of nitrogens with one attached hydrogen (secondary N) is 2. The van der Waals surface area contributed by atoms with Crippen molar-refractivity contribution in [3.8, 4) is 0 Å². The van der Waals surface area contributed by atoms with Crippen molar-refractivity contribution in [3.63, 3.8) is 0 Å². The van der Waals surface area contributed by atoms with E-state index in [1.54, 1.807) is 24.7 Å². The molecule has 1 aromatic heterocycles. The first-order valence-electron chi connectivity index (χ1n) is 5.82. The Labute approximate surface area is 112 Å². The Morgan fingerprint density at radius 1 is 1.42 bits per heavy atom. The Morgan fingerprint density at radius 3 is 2.84 bits per heavy atom. The largest absolute Gasteiger partial charge is 0.398 e. The van der Waals surface area contributed by atoms with Crippen LogP contribution in [0.5, 0.6) is 0 Å². The molecule has 2 aromatic rings. The first-order chi connectivity index (χ1) is 8.99. The minimum atomic E-state index is -3.52. The number of nitrogens with zero attached hydrogens (tertiary/aromatic N) is 1. The molecule has 1 aromatic carbocycles. The Bertz CT molecular complexity index is 650. The van der Waals surface area contributed by atoms with Gasteiger partial charge in [-0.3, -0.25) is 0 Å². The molecule has 1 heterocycles. The summed E-state index contributed by atoms with van der Waals surface area (Å²) in [5.74, 6) is 0. The molecule has 0 spiro atoms. The fourth-order valence-corrected chi connectivity index (χ4v) is 2.68. The molecule has 0 aliphatic heterocycles. The fraction of sp³-hybridized carbons (Fsp3) is 0.250. The second-order valence-corrected chi connectivity index (χ2v) is 6.01. The van der Waals surface area contributed by atoms with Crippen molar-refractivity contribution in [3.05, 3.63) is 42.0 Å². The Hall–Kier alpha value is -1.86. The number of rotatable bonds is 5. The van der Waals surface area contributed by atoms with E-state index in [-0.39, 0.29) is 4.90 Å². The summed E-state index contributed by atoms with van der Waals surface area (Å²) in [6.07, 6.45) is 3.78. The van der Waals surface area contributed by atoms with Crippen LogP contribution in [0.3, 0.4) is 0 Å². The highest BCUT2D eigenvalue weighted by Crippen LogP contribution is 2.16. The van der Waals surface area contributed by atoms with E-state index >= 15 is 0 Å². The molecule has 0 aliphatic carbocycles. The zero-order valence-corrected chi connectivity index (χ0v) is 11.4. The van der Waals surface area contributed by atoms with Crippen LogP contribution in [-0.4, -0.2) is 24.9 Å². The van der Waals surface area contributed by atoms with Crippen molar-refractivity contribution in [2.45, 2.75) is 18.2 Å². The van der Waals surface area contributed by atoms with Crippen LogP contribution in [0.4, 0.5) is 5.69 Å². The van der Waals surface area contributed by atoms with E-state index in [0.717, 1.165) is 11.3 Å². The number of benzene rings is 1. The van der Waals surface area contributed by atoms with Crippen LogP contribution >= 0.6 is 0 Å². The summed E-state index contributed by atoms with van der Waals surface area (Å²) in [5, 5.41) is 0. The van der Waals surface area contributed by atoms with E-state index in [4.69, 9.17) is 5.73 Å². The lowest BCUT2D eigenvalue weighted by atomic mass is 10.2.